The lowest BCUT2D eigenvalue weighted by Gasteiger charge is -2.36. The molecule has 2 aromatic carbocycles. The molecule has 134 valence electrons. The van der Waals surface area contributed by atoms with Crippen LogP contribution in [0.4, 0.5) is 4.79 Å². The van der Waals surface area contributed by atoms with E-state index in [9.17, 15) is 4.79 Å². The third-order valence-electron chi connectivity index (χ3n) is 6.20. The van der Waals surface area contributed by atoms with Gasteiger partial charge < -0.3 is 15.0 Å². The third-order valence-corrected chi connectivity index (χ3v) is 6.20. The monoisotopic (exact) mass is 348 g/mol. The molecular weight excluding hydrogens is 324 g/mol. The van der Waals surface area contributed by atoms with E-state index in [-0.39, 0.29) is 12.0 Å². The Bertz CT molecular complexity index is 789. The first-order valence-electron chi connectivity index (χ1n) is 9.68. The van der Waals surface area contributed by atoms with E-state index in [4.69, 9.17) is 4.74 Å². The van der Waals surface area contributed by atoms with Crippen LogP contribution in [0.3, 0.4) is 0 Å². The van der Waals surface area contributed by atoms with Gasteiger partial charge >= 0.3 is 6.09 Å². The maximum Gasteiger partial charge on any atom is 0.410 e. The van der Waals surface area contributed by atoms with Crippen molar-refractivity contribution in [2.24, 2.45) is 0 Å². The molecule has 26 heavy (non-hydrogen) atoms. The lowest BCUT2D eigenvalue weighted by atomic mass is 9.97. The largest absolute Gasteiger partial charge is 0.448 e. The van der Waals surface area contributed by atoms with Gasteiger partial charge in [-0.05, 0) is 48.1 Å². The van der Waals surface area contributed by atoms with Crippen LogP contribution in [0, 0.1) is 0 Å². The highest BCUT2D eigenvalue weighted by Crippen LogP contribution is 2.44. The first-order valence-corrected chi connectivity index (χ1v) is 9.68. The van der Waals surface area contributed by atoms with Crippen LogP contribution < -0.4 is 5.32 Å². The van der Waals surface area contributed by atoms with E-state index >= 15 is 0 Å². The second-order valence-corrected chi connectivity index (χ2v) is 7.56. The van der Waals surface area contributed by atoms with Crippen molar-refractivity contribution in [1.82, 2.24) is 10.2 Å². The number of piperidine rings is 1. The van der Waals surface area contributed by atoms with Crippen molar-refractivity contribution in [3.05, 3.63) is 59.7 Å². The molecule has 2 atom stereocenters. The summed E-state index contributed by atoms with van der Waals surface area (Å²) in [6.07, 6.45) is 3.11. The van der Waals surface area contributed by atoms with Crippen LogP contribution in [0.5, 0.6) is 0 Å². The van der Waals surface area contributed by atoms with Crippen molar-refractivity contribution in [2.45, 2.75) is 37.3 Å². The van der Waals surface area contributed by atoms with Crippen LogP contribution in [0.2, 0.25) is 0 Å². The molecule has 3 aliphatic rings. The van der Waals surface area contributed by atoms with E-state index in [1.54, 1.807) is 0 Å². The van der Waals surface area contributed by atoms with Gasteiger partial charge in [-0.1, -0.05) is 48.5 Å². The second kappa shape index (κ2) is 6.44. The molecule has 2 aromatic rings. The summed E-state index contributed by atoms with van der Waals surface area (Å²) in [7, 11) is 0. The van der Waals surface area contributed by atoms with Gasteiger partial charge in [-0.15, -0.1) is 0 Å². The van der Waals surface area contributed by atoms with Gasteiger partial charge in [0, 0.05) is 18.5 Å². The van der Waals surface area contributed by atoms with Crippen molar-refractivity contribution >= 4 is 6.09 Å². The molecule has 2 unspecified atom stereocenters. The average molecular weight is 348 g/mol. The van der Waals surface area contributed by atoms with Gasteiger partial charge in [-0.2, -0.15) is 0 Å². The van der Waals surface area contributed by atoms with Crippen molar-refractivity contribution in [3.8, 4) is 11.1 Å². The van der Waals surface area contributed by atoms with Crippen LogP contribution in [0.1, 0.15) is 36.3 Å². The Morgan fingerprint density at radius 2 is 1.73 bits per heavy atom. The summed E-state index contributed by atoms with van der Waals surface area (Å²) < 4.78 is 5.85. The molecule has 0 spiro atoms. The number of nitrogens with zero attached hydrogens (tertiary/aromatic N) is 1. The molecule has 5 rings (SSSR count). The number of ether oxygens (including phenoxy) is 1. The Morgan fingerprint density at radius 3 is 2.46 bits per heavy atom. The molecule has 1 aliphatic carbocycles. The highest BCUT2D eigenvalue weighted by atomic mass is 16.6. The zero-order chi connectivity index (χ0) is 17.5. The van der Waals surface area contributed by atoms with Gasteiger partial charge in [0.2, 0.25) is 0 Å². The first kappa shape index (κ1) is 15.9. The van der Waals surface area contributed by atoms with Gasteiger partial charge in [0.05, 0.1) is 6.04 Å². The summed E-state index contributed by atoms with van der Waals surface area (Å²) in [4.78, 5) is 14.8. The fourth-order valence-electron chi connectivity index (χ4n) is 4.97. The summed E-state index contributed by atoms with van der Waals surface area (Å²) >= 11 is 0. The minimum absolute atomic E-state index is 0.133. The van der Waals surface area contributed by atoms with E-state index in [2.05, 4.69) is 53.8 Å². The SMILES string of the molecule is O=C(OCC1c2ccccc2-c2ccccc21)N1CCCC2NCCC21. The quantitative estimate of drug-likeness (QED) is 0.898. The molecule has 0 aromatic heterocycles. The van der Waals surface area contributed by atoms with E-state index in [1.807, 2.05) is 4.90 Å². The number of fused-ring (bicyclic) bond motifs is 4. The van der Waals surface area contributed by atoms with Crippen LogP contribution in [-0.4, -0.2) is 42.8 Å². The van der Waals surface area contributed by atoms with Crippen molar-refractivity contribution < 1.29 is 9.53 Å². The molecule has 2 aliphatic heterocycles. The molecule has 2 saturated heterocycles. The van der Waals surface area contributed by atoms with Crippen molar-refractivity contribution in [1.29, 1.82) is 0 Å². The Kier molecular flexibility index (Phi) is 3.93. The molecule has 0 bridgehead atoms. The number of benzene rings is 2. The Hall–Kier alpha value is -2.33. The number of rotatable bonds is 2. The fraction of sp³-hybridized carbons (Fsp3) is 0.409. The first-order chi connectivity index (χ1) is 12.8. The predicted molar refractivity (Wildman–Crippen MR) is 101 cm³/mol. The second-order valence-electron chi connectivity index (χ2n) is 7.56. The standard InChI is InChI=1S/C22H24N2O2/c25-22(24-13-5-10-20-21(24)11-12-23-20)26-14-19-17-8-3-1-6-15(17)16-7-2-4-9-18(16)19/h1-4,6-9,19-21,23H,5,10-14H2. The minimum Gasteiger partial charge on any atom is -0.448 e. The highest BCUT2D eigenvalue weighted by Gasteiger charge is 2.38. The molecule has 0 radical (unpaired) electrons. The third kappa shape index (κ3) is 2.52. The molecule has 4 nitrogen and oxygen atoms in total. The van der Waals surface area contributed by atoms with E-state index in [0.717, 1.165) is 32.4 Å². The topological polar surface area (TPSA) is 41.6 Å². The Balaban J connectivity index is 1.35. The lowest BCUT2D eigenvalue weighted by Crippen LogP contribution is -2.51. The number of likely N-dealkylation sites (tertiary alicyclic amines) is 1. The number of amides is 1. The fourth-order valence-corrected chi connectivity index (χ4v) is 4.97. The zero-order valence-corrected chi connectivity index (χ0v) is 14.9. The van der Waals surface area contributed by atoms with Crippen LogP contribution in [-0.2, 0) is 4.74 Å². The van der Waals surface area contributed by atoms with Gasteiger partial charge in [-0.25, -0.2) is 4.79 Å². The molecule has 0 saturated carbocycles. The molecular formula is C22H24N2O2. The summed E-state index contributed by atoms with van der Waals surface area (Å²) in [5.74, 6) is 0.133. The van der Waals surface area contributed by atoms with Gasteiger partial charge in [0.1, 0.15) is 6.61 Å². The van der Waals surface area contributed by atoms with Crippen molar-refractivity contribution in [3.63, 3.8) is 0 Å². The maximum absolute atomic E-state index is 12.8. The van der Waals surface area contributed by atoms with E-state index < -0.39 is 0 Å². The summed E-state index contributed by atoms with van der Waals surface area (Å²) in [6, 6.07) is 17.7. The smallest absolute Gasteiger partial charge is 0.410 e. The number of carbonyl (C=O) groups excluding carboxylic acids is 1. The number of nitrogens with one attached hydrogen (secondary N) is 1. The van der Waals surface area contributed by atoms with E-state index in [1.165, 1.54) is 22.3 Å². The van der Waals surface area contributed by atoms with Crippen molar-refractivity contribution in [2.75, 3.05) is 19.7 Å². The van der Waals surface area contributed by atoms with Crippen LogP contribution in [0.15, 0.2) is 48.5 Å². The summed E-state index contributed by atoms with van der Waals surface area (Å²) in [6.45, 7) is 2.23. The van der Waals surface area contributed by atoms with Gasteiger partial charge in [0.25, 0.3) is 0 Å². The van der Waals surface area contributed by atoms with E-state index in [0.29, 0.717) is 18.7 Å². The van der Waals surface area contributed by atoms with Crippen LogP contribution in [0.25, 0.3) is 11.1 Å². The van der Waals surface area contributed by atoms with Gasteiger partial charge in [0.15, 0.2) is 0 Å². The minimum atomic E-state index is -0.148. The number of carbonyl (C=O) groups is 1. The normalized spacial score (nSPS) is 24.1. The lowest BCUT2D eigenvalue weighted by molar-refractivity contribution is 0.0688. The average Bonchev–Trinajstić information content (AvgIpc) is 3.29. The predicted octanol–water partition coefficient (Wildman–Crippen LogP) is 3.76. The molecule has 4 heteroatoms. The Labute approximate surface area is 154 Å². The molecule has 2 fully saturated rings. The highest BCUT2D eigenvalue weighted by molar-refractivity contribution is 5.79. The molecule has 1 amide bonds. The maximum atomic E-state index is 12.8. The van der Waals surface area contributed by atoms with Gasteiger partial charge in [-0.3, -0.25) is 0 Å². The number of hydrogen-bond donors (Lipinski definition) is 1. The molecule has 1 N–H and O–H groups in total. The zero-order valence-electron chi connectivity index (χ0n) is 14.9. The Morgan fingerprint density at radius 1 is 1.04 bits per heavy atom. The summed E-state index contributed by atoms with van der Waals surface area (Å²) in [5.41, 5.74) is 5.06. The molecule has 2 heterocycles. The summed E-state index contributed by atoms with van der Waals surface area (Å²) in [5, 5.41) is 3.52. The number of hydrogen-bond acceptors (Lipinski definition) is 3. The van der Waals surface area contributed by atoms with Crippen LogP contribution >= 0.6 is 0 Å².